The van der Waals surface area contributed by atoms with E-state index in [0.29, 0.717) is 28.0 Å². The Kier molecular flexibility index (Phi) is 5.72. The van der Waals surface area contributed by atoms with E-state index in [1.54, 1.807) is 54.0 Å². The van der Waals surface area contributed by atoms with Crippen LogP contribution in [0.3, 0.4) is 0 Å². The SMILES string of the molecule is CC(F)Oc1cccc(-n2c(=O)n(C(C)C)c3cc(C(=O)CC4(C)CS(=O)(=O)C4)ccc32)c1. The minimum absolute atomic E-state index is 0.0109. The van der Waals surface area contributed by atoms with Crippen molar-refractivity contribution in [2.24, 2.45) is 5.41 Å². The van der Waals surface area contributed by atoms with Crippen molar-refractivity contribution in [3.8, 4) is 11.4 Å². The molecule has 7 nitrogen and oxygen atoms in total. The number of hydrogen-bond acceptors (Lipinski definition) is 5. The van der Waals surface area contributed by atoms with E-state index in [4.69, 9.17) is 4.74 Å². The van der Waals surface area contributed by atoms with Gasteiger partial charge in [-0.1, -0.05) is 13.0 Å². The first-order valence-corrected chi connectivity index (χ1v) is 12.6. The standard InChI is InChI=1S/C24H27FN2O5S/c1-15(2)26-21-10-17(22(28)12-24(4)13-33(30,31)14-24)8-9-20(21)27(23(26)29)18-6-5-7-19(11-18)32-16(3)25/h5-11,15-16H,12-14H2,1-4H3. The molecule has 3 aromatic rings. The third-order valence-electron chi connectivity index (χ3n) is 5.81. The number of benzene rings is 2. The van der Waals surface area contributed by atoms with E-state index in [1.807, 2.05) is 13.8 Å². The first-order chi connectivity index (χ1) is 15.4. The molecule has 1 aliphatic rings. The van der Waals surface area contributed by atoms with Gasteiger partial charge in [0.1, 0.15) is 5.75 Å². The normalized spacial score (nSPS) is 17.6. The van der Waals surface area contributed by atoms with E-state index in [-0.39, 0.29) is 35.4 Å². The van der Waals surface area contributed by atoms with Gasteiger partial charge >= 0.3 is 5.69 Å². The molecule has 0 saturated carbocycles. The van der Waals surface area contributed by atoms with Crippen molar-refractivity contribution in [2.45, 2.75) is 46.5 Å². The number of fused-ring (bicyclic) bond motifs is 1. The van der Waals surface area contributed by atoms with Crippen LogP contribution in [-0.4, -0.2) is 41.2 Å². The Hall–Kier alpha value is -2.94. The average Bonchev–Trinajstić information content (AvgIpc) is 2.96. The van der Waals surface area contributed by atoms with Gasteiger partial charge in [0.25, 0.3) is 0 Å². The highest BCUT2D eigenvalue weighted by molar-refractivity contribution is 7.92. The zero-order valence-electron chi connectivity index (χ0n) is 19.0. The number of ketones is 1. The lowest BCUT2D eigenvalue weighted by Crippen LogP contribution is -2.47. The first kappa shape index (κ1) is 23.2. The monoisotopic (exact) mass is 474 g/mol. The van der Waals surface area contributed by atoms with Crippen molar-refractivity contribution >= 4 is 26.7 Å². The van der Waals surface area contributed by atoms with Crippen molar-refractivity contribution in [3.63, 3.8) is 0 Å². The maximum atomic E-state index is 13.4. The summed E-state index contributed by atoms with van der Waals surface area (Å²) in [6, 6.07) is 11.5. The van der Waals surface area contributed by atoms with Crippen LogP contribution in [0.4, 0.5) is 4.39 Å². The number of halogens is 1. The molecule has 1 aliphatic heterocycles. The van der Waals surface area contributed by atoms with Gasteiger partial charge in [-0.15, -0.1) is 0 Å². The fourth-order valence-electron chi connectivity index (χ4n) is 4.64. The Morgan fingerprint density at radius 3 is 2.42 bits per heavy atom. The van der Waals surface area contributed by atoms with Gasteiger partial charge in [-0.25, -0.2) is 17.6 Å². The van der Waals surface area contributed by atoms with E-state index < -0.39 is 21.6 Å². The second kappa shape index (κ2) is 8.13. The summed E-state index contributed by atoms with van der Waals surface area (Å²) in [4.78, 5) is 26.3. The number of carbonyl (C=O) groups excluding carboxylic acids is 1. The van der Waals surface area contributed by atoms with Gasteiger partial charge in [-0.3, -0.25) is 13.9 Å². The Morgan fingerprint density at radius 1 is 1.12 bits per heavy atom. The highest BCUT2D eigenvalue weighted by Crippen LogP contribution is 2.37. The molecule has 0 radical (unpaired) electrons. The van der Waals surface area contributed by atoms with Crippen LogP contribution in [0.1, 0.15) is 50.5 Å². The zero-order valence-corrected chi connectivity index (χ0v) is 19.9. The third-order valence-corrected chi connectivity index (χ3v) is 8.08. The maximum absolute atomic E-state index is 13.4. The molecule has 2 heterocycles. The molecular formula is C24H27FN2O5S. The van der Waals surface area contributed by atoms with E-state index in [9.17, 15) is 22.4 Å². The van der Waals surface area contributed by atoms with Crippen LogP contribution in [0.2, 0.25) is 0 Å². The molecule has 1 fully saturated rings. The molecule has 0 aliphatic carbocycles. The summed E-state index contributed by atoms with van der Waals surface area (Å²) in [5.41, 5.74) is 1.32. The number of Topliss-reactive ketones (excluding diaryl/α,β-unsaturated/α-hetero) is 1. The van der Waals surface area contributed by atoms with Crippen molar-refractivity contribution in [1.82, 2.24) is 9.13 Å². The molecule has 9 heteroatoms. The van der Waals surface area contributed by atoms with Crippen LogP contribution in [0.25, 0.3) is 16.7 Å². The van der Waals surface area contributed by atoms with Gasteiger partial charge < -0.3 is 4.74 Å². The summed E-state index contributed by atoms with van der Waals surface area (Å²) in [6.07, 6.45) is -1.36. The number of nitrogens with zero attached hydrogens (tertiary/aromatic N) is 2. The number of sulfone groups is 1. The van der Waals surface area contributed by atoms with E-state index in [0.717, 1.165) is 0 Å². The van der Waals surface area contributed by atoms with E-state index >= 15 is 0 Å². The Labute approximate surface area is 191 Å². The fraction of sp³-hybridized carbons (Fsp3) is 0.417. The Morgan fingerprint density at radius 2 is 1.82 bits per heavy atom. The molecule has 0 spiro atoms. The summed E-state index contributed by atoms with van der Waals surface area (Å²) in [7, 11) is -3.05. The fourth-order valence-corrected chi connectivity index (χ4v) is 6.88. The smallest absolute Gasteiger partial charge is 0.333 e. The molecule has 1 unspecified atom stereocenters. The van der Waals surface area contributed by atoms with Crippen molar-refractivity contribution in [2.75, 3.05) is 11.5 Å². The van der Waals surface area contributed by atoms with Crippen molar-refractivity contribution < 1.29 is 22.3 Å². The zero-order chi connectivity index (χ0) is 24.1. The largest absolute Gasteiger partial charge is 0.461 e. The number of rotatable bonds is 7. The number of hydrogen-bond donors (Lipinski definition) is 0. The second-order valence-electron chi connectivity index (χ2n) is 9.39. The Bertz CT molecular complexity index is 1390. The highest BCUT2D eigenvalue weighted by atomic mass is 32.2. The van der Waals surface area contributed by atoms with E-state index in [1.165, 1.54) is 11.5 Å². The minimum atomic E-state index is -3.05. The van der Waals surface area contributed by atoms with Gasteiger partial charge in [0, 0.05) is 36.4 Å². The van der Waals surface area contributed by atoms with Crippen molar-refractivity contribution in [1.29, 1.82) is 0 Å². The van der Waals surface area contributed by atoms with Crippen LogP contribution in [0, 0.1) is 5.41 Å². The number of ether oxygens (including phenoxy) is 1. The molecule has 33 heavy (non-hydrogen) atoms. The molecule has 1 aromatic heterocycles. The Balaban J connectivity index is 1.78. The van der Waals surface area contributed by atoms with Crippen LogP contribution in [0.15, 0.2) is 47.3 Å². The third kappa shape index (κ3) is 4.46. The number of aromatic nitrogens is 2. The summed E-state index contributed by atoms with van der Waals surface area (Å²) < 4.78 is 44.7. The summed E-state index contributed by atoms with van der Waals surface area (Å²) in [5, 5.41) is 0. The topological polar surface area (TPSA) is 87.4 Å². The second-order valence-corrected chi connectivity index (χ2v) is 11.5. The maximum Gasteiger partial charge on any atom is 0.333 e. The van der Waals surface area contributed by atoms with Gasteiger partial charge in [-0.2, -0.15) is 0 Å². The molecule has 4 rings (SSSR count). The number of alkyl halides is 1. The average molecular weight is 475 g/mol. The van der Waals surface area contributed by atoms with Gasteiger partial charge in [0.2, 0.25) is 6.36 Å². The highest BCUT2D eigenvalue weighted by Gasteiger charge is 2.45. The summed E-state index contributed by atoms with van der Waals surface area (Å²) in [6.45, 7) is 6.84. The van der Waals surface area contributed by atoms with Gasteiger partial charge in [-0.05, 0) is 44.2 Å². The molecule has 1 saturated heterocycles. The summed E-state index contributed by atoms with van der Waals surface area (Å²) >= 11 is 0. The summed E-state index contributed by atoms with van der Waals surface area (Å²) in [5.74, 6) is 0.168. The van der Waals surface area contributed by atoms with Crippen LogP contribution in [0.5, 0.6) is 5.75 Å². The minimum Gasteiger partial charge on any atom is -0.461 e. The lowest BCUT2D eigenvalue weighted by Gasteiger charge is -2.37. The molecule has 0 amide bonds. The van der Waals surface area contributed by atoms with Crippen LogP contribution >= 0.6 is 0 Å². The van der Waals surface area contributed by atoms with Crippen molar-refractivity contribution in [3.05, 3.63) is 58.5 Å². The van der Waals surface area contributed by atoms with E-state index in [2.05, 4.69) is 0 Å². The van der Waals surface area contributed by atoms with Gasteiger partial charge in [0.15, 0.2) is 15.6 Å². The molecule has 0 bridgehead atoms. The molecule has 2 aromatic carbocycles. The first-order valence-electron chi connectivity index (χ1n) is 10.8. The molecular weight excluding hydrogens is 447 g/mol. The lowest BCUT2D eigenvalue weighted by atomic mass is 9.86. The lowest BCUT2D eigenvalue weighted by molar-refractivity contribution is 0.0860. The van der Waals surface area contributed by atoms with Crippen LogP contribution < -0.4 is 10.4 Å². The van der Waals surface area contributed by atoms with Crippen LogP contribution in [-0.2, 0) is 9.84 Å². The molecule has 1 atom stereocenters. The quantitative estimate of drug-likeness (QED) is 0.482. The molecule has 0 N–H and O–H groups in total. The number of carbonyl (C=O) groups is 1. The predicted molar refractivity (Wildman–Crippen MR) is 125 cm³/mol. The molecule has 176 valence electrons. The number of imidazole rings is 1. The predicted octanol–water partition coefficient (Wildman–Crippen LogP) is 4.07. The van der Waals surface area contributed by atoms with Gasteiger partial charge in [0.05, 0.1) is 28.2 Å².